The van der Waals surface area contributed by atoms with Gasteiger partial charge in [0.25, 0.3) is 11.8 Å². The van der Waals surface area contributed by atoms with Gasteiger partial charge in [0.15, 0.2) is 23.1 Å². The minimum absolute atomic E-state index is 0.0463. The molecule has 2 N–H and O–H groups in total. The van der Waals surface area contributed by atoms with E-state index in [1.165, 1.54) is 19.4 Å². The number of hydrogen-bond acceptors (Lipinski definition) is 10. The fourth-order valence-electron chi connectivity index (χ4n) is 5.90. The molecular weight excluding hydrogens is 665 g/mol. The Morgan fingerprint density at radius 3 is 2.33 bits per heavy atom. The summed E-state index contributed by atoms with van der Waals surface area (Å²) in [5, 5.41) is 5.96. The van der Waals surface area contributed by atoms with E-state index in [4.69, 9.17) is 14.2 Å². The second-order valence-corrected chi connectivity index (χ2v) is 12.7. The van der Waals surface area contributed by atoms with E-state index >= 15 is 4.39 Å². The minimum Gasteiger partial charge on any atom is -0.493 e. The molecule has 0 aliphatic carbocycles. The van der Waals surface area contributed by atoms with E-state index in [-0.39, 0.29) is 40.5 Å². The lowest BCUT2D eigenvalue weighted by atomic mass is 10.1. The molecule has 1 aliphatic rings. The van der Waals surface area contributed by atoms with Gasteiger partial charge in [-0.2, -0.15) is 4.98 Å². The van der Waals surface area contributed by atoms with Crippen LogP contribution in [0.2, 0.25) is 0 Å². The number of hydrogen-bond donors (Lipinski definition) is 2. The zero-order valence-electron chi connectivity index (χ0n) is 30.8. The number of amides is 2. The van der Waals surface area contributed by atoms with Gasteiger partial charge in [0, 0.05) is 75.0 Å². The Balaban J connectivity index is 1.36. The zero-order chi connectivity index (χ0) is 37.2. The van der Waals surface area contributed by atoms with E-state index in [9.17, 15) is 9.59 Å². The number of rotatable bonds is 15. The first-order chi connectivity index (χ1) is 25.1. The standard InChI is InChI=1S/C39H48FN7O5/c1-7-47(8-2)38(49)28-13-15-33(34(23-28)50-6)52-37-30(36(48)43-35-26(3)11-9-12-27(35)4)25-41-39(44-37)42-29-14-16-32(31(40)24-29)51-22-10-17-46-20-18-45(5)19-21-46/h9,11-16,23-25H,7-8,10,17-22H2,1-6H3,(H,43,48)(H,41,42,44). The Morgan fingerprint density at radius 1 is 0.942 bits per heavy atom. The molecule has 1 saturated heterocycles. The van der Waals surface area contributed by atoms with Crippen LogP contribution in [0.1, 0.15) is 52.1 Å². The summed E-state index contributed by atoms with van der Waals surface area (Å²) >= 11 is 0. The first-order valence-electron chi connectivity index (χ1n) is 17.6. The predicted octanol–water partition coefficient (Wildman–Crippen LogP) is 6.53. The lowest BCUT2D eigenvalue weighted by Gasteiger charge is -2.32. The molecule has 0 bridgehead atoms. The third-order valence-corrected chi connectivity index (χ3v) is 9.05. The van der Waals surface area contributed by atoms with Gasteiger partial charge in [0.1, 0.15) is 5.56 Å². The van der Waals surface area contributed by atoms with Crippen LogP contribution in [0.3, 0.4) is 0 Å². The molecule has 0 radical (unpaired) electrons. The van der Waals surface area contributed by atoms with Gasteiger partial charge in [-0.15, -0.1) is 0 Å². The zero-order valence-corrected chi connectivity index (χ0v) is 30.8. The van der Waals surface area contributed by atoms with Crippen molar-refractivity contribution in [1.82, 2.24) is 24.7 Å². The Labute approximate surface area is 304 Å². The van der Waals surface area contributed by atoms with Crippen molar-refractivity contribution in [1.29, 1.82) is 0 Å². The summed E-state index contributed by atoms with van der Waals surface area (Å²) in [5.74, 6) is -0.540. The summed E-state index contributed by atoms with van der Waals surface area (Å²) in [6, 6.07) is 15.1. The molecule has 12 nitrogen and oxygen atoms in total. The van der Waals surface area contributed by atoms with Crippen LogP contribution in [-0.4, -0.2) is 103 Å². The highest BCUT2D eigenvalue weighted by Crippen LogP contribution is 2.35. The van der Waals surface area contributed by atoms with Crippen LogP contribution in [0.15, 0.2) is 60.8 Å². The van der Waals surface area contributed by atoms with E-state index in [1.54, 1.807) is 35.2 Å². The monoisotopic (exact) mass is 713 g/mol. The summed E-state index contributed by atoms with van der Waals surface area (Å²) in [6.45, 7) is 14.2. The van der Waals surface area contributed by atoms with Gasteiger partial charge < -0.3 is 39.5 Å². The van der Waals surface area contributed by atoms with Gasteiger partial charge in [-0.05, 0) is 82.6 Å². The van der Waals surface area contributed by atoms with Gasteiger partial charge in [-0.3, -0.25) is 9.59 Å². The number of nitrogens with zero attached hydrogens (tertiary/aromatic N) is 5. The van der Waals surface area contributed by atoms with Crippen molar-refractivity contribution in [3.8, 4) is 23.1 Å². The summed E-state index contributed by atoms with van der Waals surface area (Å²) < 4.78 is 32.7. The van der Waals surface area contributed by atoms with E-state index in [2.05, 4.69) is 37.4 Å². The van der Waals surface area contributed by atoms with E-state index < -0.39 is 11.7 Å². The lowest BCUT2D eigenvalue weighted by Crippen LogP contribution is -2.44. The lowest BCUT2D eigenvalue weighted by molar-refractivity contribution is 0.0772. The second kappa shape index (κ2) is 17.8. The number of carbonyl (C=O) groups excluding carboxylic acids is 2. The van der Waals surface area contributed by atoms with Gasteiger partial charge in [-0.25, -0.2) is 9.37 Å². The fourth-order valence-corrected chi connectivity index (χ4v) is 5.90. The van der Waals surface area contributed by atoms with Crippen LogP contribution >= 0.6 is 0 Å². The summed E-state index contributed by atoms with van der Waals surface area (Å²) in [7, 11) is 3.59. The summed E-state index contributed by atoms with van der Waals surface area (Å²) in [4.78, 5) is 42.0. The first-order valence-corrected chi connectivity index (χ1v) is 17.6. The number of ether oxygens (including phenoxy) is 3. The molecule has 1 aromatic heterocycles. The van der Waals surface area contributed by atoms with E-state index in [1.807, 2.05) is 45.9 Å². The topological polar surface area (TPSA) is 121 Å². The van der Waals surface area contributed by atoms with Crippen molar-refractivity contribution in [2.24, 2.45) is 0 Å². The number of likely N-dealkylation sites (N-methyl/N-ethyl adjacent to an activating group) is 1. The van der Waals surface area contributed by atoms with Crippen molar-refractivity contribution in [3.05, 3.63) is 88.9 Å². The largest absolute Gasteiger partial charge is 0.493 e. The van der Waals surface area contributed by atoms with Crippen LogP contribution in [0.4, 0.5) is 21.7 Å². The molecule has 1 fully saturated rings. The predicted molar refractivity (Wildman–Crippen MR) is 200 cm³/mol. The van der Waals surface area contributed by atoms with Crippen LogP contribution in [0.25, 0.3) is 0 Å². The molecule has 2 heterocycles. The number of benzene rings is 3. The SMILES string of the molecule is CCN(CC)C(=O)c1ccc(Oc2nc(Nc3ccc(OCCCN4CCN(C)CC4)c(F)c3)ncc2C(=O)Nc2c(C)cccc2C)c(OC)c1. The van der Waals surface area contributed by atoms with Crippen molar-refractivity contribution >= 4 is 29.1 Å². The molecule has 0 saturated carbocycles. The number of aromatic nitrogens is 2. The summed E-state index contributed by atoms with van der Waals surface area (Å²) in [6.07, 6.45) is 2.13. The molecular formula is C39H48FN7O5. The summed E-state index contributed by atoms with van der Waals surface area (Å²) in [5.41, 5.74) is 3.28. The van der Waals surface area contributed by atoms with Crippen LogP contribution in [-0.2, 0) is 0 Å². The number of carbonyl (C=O) groups is 2. The van der Waals surface area contributed by atoms with Crippen molar-refractivity contribution in [2.45, 2.75) is 34.1 Å². The molecule has 5 rings (SSSR count). The average Bonchev–Trinajstić information content (AvgIpc) is 3.14. The molecule has 276 valence electrons. The molecule has 13 heteroatoms. The number of methoxy groups -OCH3 is 1. The number of anilines is 3. The van der Waals surface area contributed by atoms with E-state index in [0.717, 1.165) is 50.3 Å². The highest BCUT2D eigenvalue weighted by molar-refractivity contribution is 6.06. The van der Waals surface area contributed by atoms with Crippen molar-refractivity contribution < 1.29 is 28.2 Å². The Morgan fingerprint density at radius 2 is 1.65 bits per heavy atom. The Kier molecular flexibility index (Phi) is 13.0. The minimum atomic E-state index is -0.533. The maximum absolute atomic E-state index is 15.1. The third kappa shape index (κ3) is 9.53. The smallest absolute Gasteiger partial charge is 0.262 e. The molecule has 52 heavy (non-hydrogen) atoms. The molecule has 0 unspecified atom stereocenters. The van der Waals surface area contributed by atoms with Crippen LogP contribution < -0.4 is 24.8 Å². The fraction of sp³-hybridized carbons (Fsp3) is 0.385. The van der Waals surface area contributed by atoms with Gasteiger partial charge in [0.05, 0.1) is 13.7 Å². The molecule has 2 amide bonds. The van der Waals surface area contributed by atoms with Gasteiger partial charge in [0.2, 0.25) is 11.8 Å². The molecule has 1 aliphatic heterocycles. The average molecular weight is 714 g/mol. The normalized spacial score (nSPS) is 13.4. The Hall–Kier alpha value is -5.27. The van der Waals surface area contributed by atoms with Crippen LogP contribution in [0.5, 0.6) is 23.1 Å². The maximum Gasteiger partial charge on any atom is 0.262 e. The molecule has 0 atom stereocenters. The molecule has 4 aromatic rings. The maximum atomic E-state index is 15.1. The third-order valence-electron chi connectivity index (χ3n) is 9.05. The Bertz CT molecular complexity index is 1840. The highest BCUT2D eigenvalue weighted by atomic mass is 19.1. The second-order valence-electron chi connectivity index (χ2n) is 12.7. The molecule has 3 aromatic carbocycles. The van der Waals surface area contributed by atoms with Crippen molar-refractivity contribution in [3.63, 3.8) is 0 Å². The number of halogens is 1. The van der Waals surface area contributed by atoms with Gasteiger partial charge >= 0.3 is 0 Å². The first kappa shape index (κ1) is 38.0. The number of nitrogens with one attached hydrogen (secondary N) is 2. The van der Waals surface area contributed by atoms with E-state index in [0.29, 0.717) is 36.6 Å². The van der Waals surface area contributed by atoms with Crippen molar-refractivity contribution in [2.75, 3.05) is 77.2 Å². The number of piperazine rings is 1. The number of aryl methyl sites for hydroxylation is 2. The quantitative estimate of drug-likeness (QED) is 0.132. The van der Waals surface area contributed by atoms with Crippen LogP contribution in [0, 0.1) is 19.7 Å². The molecule has 0 spiro atoms. The van der Waals surface area contributed by atoms with Gasteiger partial charge in [-0.1, -0.05) is 18.2 Å². The highest BCUT2D eigenvalue weighted by Gasteiger charge is 2.22. The number of para-hydroxylation sites is 1.